The number of aromatic amines is 1. The summed E-state index contributed by atoms with van der Waals surface area (Å²) in [5.41, 5.74) is -0.634. The molecule has 2 rings (SSSR count). The van der Waals surface area contributed by atoms with E-state index in [9.17, 15) is 17.3 Å². The van der Waals surface area contributed by atoms with Crippen LogP contribution in [-0.2, 0) is 0 Å². The first-order chi connectivity index (χ1) is 6.47. The zero-order chi connectivity index (χ0) is 10.3. The number of hydrogen-bond acceptors (Lipinski definition) is 0. The van der Waals surface area contributed by atoms with Gasteiger partial charge in [-0.2, -0.15) is 0 Å². The van der Waals surface area contributed by atoms with E-state index < -0.39 is 18.4 Å². The maximum absolute atomic E-state index is 12.6. The van der Waals surface area contributed by atoms with Crippen molar-refractivity contribution >= 4 is 23.5 Å². The molecular weight excluding hydrogens is 236 g/mol. The quantitative estimate of drug-likeness (QED) is 0.505. The summed E-state index contributed by atoms with van der Waals surface area (Å²) in [5, 5.41) is 0.362. The van der Waals surface area contributed by atoms with Gasteiger partial charge in [0.15, 0.2) is 0 Å². The molecule has 0 radical (unpaired) electrons. The number of halogens is 4. The molecule has 0 saturated carbocycles. The van der Waals surface area contributed by atoms with E-state index in [1.54, 1.807) is 0 Å². The third-order valence-electron chi connectivity index (χ3n) is 1.96. The fraction of sp³-hybridized carbons (Fsp3) is 0. The summed E-state index contributed by atoms with van der Waals surface area (Å²) in [7, 11) is 0. The van der Waals surface area contributed by atoms with Gasteiger partial charge >= 0.3 is 58.4 Å². The predicted molar refractivity (Wildman–Crippen MR) is 47.0 cm³/mol. The van der Waals surface area contributed by atoms with Crippen molar-refractivity contribution in [3.8, 4) is 0 Å². The van der Waals surface area contributed by atoms with Crippen molar-refractivity contribution in [2.24, 2.45) is 0 Å². The van der Waals surface area contributed by atoms with Crippen LogP contribution in [0.5, 0.6) is 0 Å². The smallest absolute Gasteiger partial charge is 0.444 e. The molecule has 7 heteroatoms. The summed E-state index contributed by atoms with van der Waals surface area (Å²) in [6.45, 7) is -5.05. The van der Waals surface area contributed by atoms with Gasteiger partial charge in [0.25, 0.3) is 0 Å². The standard InChI is InChI=1S/C8H5BF4N.K/c10-6-2-1-5-3-8(9(11,12)13)14-7(5)4-6;/h1-4,14H;/q-1;+1. The largest absolute Gasteiger partial charge is 1.00 e. The van der Waals surface area contributed by atoms with Crippen LogP contribution in [0, 0.1) is 5.82 Å². The fourth-order valence-electron chi connectivity index (χ4n) is 1.30. The molecule has 1 N–H and O–H groups in total. The molecule has 0 fully saturated rings. The number of hydrogen-bond donors (Lipinski definition) is 1. The molecule has 0 spiro atoms. The minimum atomic E-state index is -5.05. The van der Waals surface area contributed by atoms with Crippen molar-refractivity contribution < 1.29 is 68.7 Å². The molecule has 74 valence electrons. The van der Waals surface area contributed by atoms with Gasteiger partial charge in [-0.1, -0.05) is 12.1 Å². The monoisotopic (exact) mass is 241 g/mol. The second kappa shape index (κ2) is 4.59. The number of benzene rings is 1. The average Bonchev–Trinajstić information content (AvgIpc) is 2.45. The Morgan fingerprint density at radius 3 is 2.33 bits per heavy atom. The number of nitrogens with one attached hydrogen (secondary N) is 1. The van der Waals surface area contributed by atoms with Crippen LogP contribution in [-0.4, -0.2) is 12.0 Å². The van der Waals surface area contributed by atoms with Crippen LogP contribution in [0.4, 0.5) is 17.3 Å². The van der Waals surface area contributed by atoms with Crippen LogP contribution in [0.15, 0.2) is 24.3 Å². The number of aromatic nitrogens is 1. The Labute approximate surface area is 126 Å². The van der Waals surface area contributed by atoms with E-state index in [0.717, 1.165) is 18.2 Å². The third-order valence-corrected chi connectivity index (χ3v) is 1.96. The van der Waals surface area contributed by atoms with Crippen molar-refractivity contribution in [1.29, 1.82) is 0 Å². The molecule has 1 aromatic heterocycles. The minimum absolute atomic E-state index is 0. The summed E-state index contributed by atoms with van der Waals surface area (Å²) < 4.78 is 49.4. The maximum Gasteiger partial charge on any atom is 1.00 e. The van der Waals surface area contributed by atoms with Crippen LogP contribution < -0.4 is 57.0 Å². The first kappa shape index (κ1) is 13.2. The first-order valence-electron chi connectivity index (χ1n) is 3.95. The van der Waals surface area contributed by atoms with Gasteiger partial charge in [-0.25, -0.2) is 4.39 Å². The third kappa shape index (κ3) is 2.85. The van der Waals surface area contributed by atoms with E-state index in [1.807, 2.05) is 0 Å². The van der Waals surface area contributed by atoms with E-state index in [-0.39, 0.29) is 56.9 Å². The number of rotatable bonds is 1. The predicted octanol–water partition coefficient (Wildman–Crippen LogP) is -0.635. The molecule has 0 unspecified atom stereocenters. The number of fused-ring (bicyclic) bond motifs is 1. The van der Waals surface area contributed by atoms with Crippen molar-refractivity contribution in [2.75, 3.05) is 0 Å². The van der Waals surface area contributed by atoms with Crippen LogP contribution in [0.3, 0.4) is 0 Å². The second-order valence-corrected chi connectivity index (χ2v) is 3.03. The van der Waals surface area contributed by atoms with Gasteiger partial charge < -0.3 is 17.9 Å². The Morgan fingerprint density at radius 1 is 1.07 bits per heavy atom. The van der Waals surface area contributed by atoms with E-state index in [4.69, 9.17) is 0 Å². The Hall–Kier alpha value is 0.181. The van der Waals surface area contributed by atoms with Crippen LogP contribution in [0.1, 0.15) is 0 Å². The van der Waals surface area contributed by atoms with Gasteiger partial charge in [0, 0.05) is 5.52 Å². The summed E-state index contributed by atoms with van der Waals surface area (Å²) >= 11 is 0. The van der Waals surface area contributed by atoms with E-state index >= 15 is 0 Å². The Morgan fingerprint density at radius 2 is 1.73 bits per heavy atom. The molecule has 0 aliphatic heterocycles. The minimum Gasteiger partial charge on any atom is -0.444 e. The summed E-state index contributed by atoms with van der Waals surface area (Å²) in [6, 6.07) is 4.46. The van der Waals surface area contributed by atoms with Crippen molar-refractivity contribution in [2.45, 2.75) is 0 Å². The zero-order valence-electron chi connectivity index (χ0n) is 7.90. The number of H-pyrrole nitrogens is 1. The molecule has 0 amide bonds. The van der Waals surface area contributed by atoms with Gasteiger partial charge in [0.05, 0.1) is 0 Å². The molecule has 1 heterocycles. The van der Waals surface area contributed by atoms with Gasteiger partial charge in [-0.3, -0.25) is 0 Å². The van der Waals surface area contributed by atoms with E-state index in [1.165, 1.54) is 6.07 Å². The Kier molecular flexibility index (Phi) is 4.05. The average molecular weight is 241 g/mol. The maximum atomic E-state index is 12.6. The molecule has 1 nitrogen and oxygen atoms in total. The molecule has 1 aromatic carbocycles. The molecular formula is C8H5BF4KN. The normalized spacial score (nSPS) is 11.5. The zero-order valence-corrected chi connectivity index (χ0v) is 11.0. The van der Waals surface area contributed by atoms with Gasteiger partial charge in [0.2, 0.25) is 0 Å². The molecule has 0 saturated heterocycles. The Bertz CT molecular complexity index is 479. The molecule has 0 aliphatic carbocycles. The molecule has 2 aromatic rings. The van der Waals surface area contributed by atoms with E-state index in [2.05, 4.69) is 4.98 Å². The van der Waals surface area contributed by atoms with Crippen molar-refractivity contribution in [1.82, 2.24) is 4.98 Å². The summed E-state index contributed by atoms with van der Waals surface area (Å²) in [6.07, 6.45) is 0. The van der Waals surface area contributed by atoms with Crippen molar-refractivity contribution in [3.63, 3.8) is 0 Å². The van der Waals surface area contributed by atoms with Crippen molar-refractivity contribution in [3.05, 3.63) is 30.1 Å². The topological polar surface area (TPSA) is 15.8 Å². The molecule has 0 atom stereocenters. The van der Waals surface area contributed by atoms with Gasteiger partial charge in [-0.15, -0.1) is 0 Å². The van der Waals surface area contributed by atoms with Crippen LogP contribution in [0.2, 0.25) is 0 Å². The Balaban J connectivity index is 0.00000112. The fourth-order valence-corrected chi connectivity index (χ4v) is 1.30. The summed E-state index contributed by atoms with van der Waals surface area (Å²) in [5.74, 6) is -0.555. The van der Waals surface area contributed by atoms with Gasteiger partial charge in [-0.05, 0) is 23.1 Å². The first-order valence-corrected chi connectivity index (χ1v) is 3.95. The molecule has 0 bridgehead atoms. The molecule has 0 aliphatic rings. The van der Waals surface area contributed by atoms with Crippen LogP contribution >= 0.6 is 0 Å². The second-order valence-electron chi connectivity index (χ2n) is 3.03. The van der Waals surface area contributed by atoms with Gasteiger partial charge in [0.1, 0.15) is 5.82 Å². The summed E-state index contributed by atoms with van der Waals surface area (Å²) in [4.78, 5) is 2.14. The van der Waals surface area contributed by atoms with Crippen LogP contribution in [0.25, 0.3) is 10.9 Å². The van der Waals surface area contributed by atoms with E-state index in [0.29, 0.717) is 5.39 Å². The molecule has 15 heavy (non-hydrogen) atoms. The SMILES string of the molecule is Fc1ccc2cc([B-](F)(F)F)[nH]c2c1.[K+].